The molecule has 25 heavy (non-hydrogen) atoms. The molecule has 0 aliphatic rings. The summed E-state index contributed by atoms with van der Waals surface area (Å²) < 4.78 is 26.4. The number of rotatable bonds is 3. The third-order valence-corrected chi connectivity index (χ3v) is 4.30. The van der Waals surface area contributed by atoms with Crippen molar-refractivity contribution in [1.82, 2.24) is 15.0 Å². The van der Waals surface area contributed by atoms with Gasteiger partial charge < -0.3 is 0 Å². The van der Waals surface area contributed by atoms with Crippen LogP contribution in [0.5, 0.6) is 0 Å². The minimum Gasteiger partial charge on any atom is -0.208 e. The van der Waals surface area contributed by atoms with Crippen molar-refractivity contribution in [2.24, 2.45) is 0 Å². The average molecular weight is 351 g/mol. The molecule has 2 aromatic heterocycles. The minimum atomic E-state index is -0.324. The lowest BCUT2D eigenvalue weighted by molar-refractivity contribution is 0.627. The molecule has 0 amide bonds. The van der Waals surface area contributed by atoms with Gasteiger partial charge in [0.1, 0.15) is 11.6 Å². The highest BCUT2D eigenvalue weighted by atomic mass is 32.1. The van der Waals surface area contributed by atoms with Crippen molar-refractivity contribution < 1.29 is 8.78 Å². The number of hydrogen-bond donors (Lipinski definition) is 0. The summed E-state index contributed by atoms with van der Waals surface area (Å²) >= 11 is 1.54. The number of benzene rings is 2. The van der Waals surface area contributed by atoms with Crippen LogP contribution >= 0.6 is 11.3 Å². The average Bonchev–Trinajstić information content (AvgIpc) is 3.17. The SMILES string of the molecule is Fc1ccc(-c2nc(-c3ccc(F)cc3)nc(-c3ccsc3)n2)cc1. The molecular weight excluding hydrogens is 340 g/mol. The van der Waals surface area contributed by atoms with Gasteiger partial charge in [0.05, 0.1) is 0 Å². The highest BCUT2D eigenvalue weighted by molar-refractivity contribution is 7.08. The first-order chi connectivity index (χ1) is 12.2. The smallest absolute Gasteiger partial charge is 0.164 e. The van der Waals surface area contributed by atoms with E-state index in [0.717, 1.165) is 5.56 Å². The first kappa shape index (κ1) is 15.5. The van der Waals surface area contributed by atoms with Crippen molar-refractivity contribution in [2.45, 2.75) is 0 Å². The molecule has 0 radical (unpaired) electrons. The molecule has 122 valence electrons. The molecule has 4 aromatic rings. The van der Waals surface area contributed by atoms with Gasteiger partial charge in [0.2, 0.25) is 0 Å². The molecule has 0 atom stereocenters. The monoisotopic (exact) mass is 351 g/mol. The lowest BCUT2D eigenvalue weighted by atomic mass is 10.1. The van der Waals surface area contributed by atoms with E-state index in [4.69, 9.17) is 0 Å². The largest absolute Gasteiger partial charge is 0.208 e. The fourth-order valence-electron chi connectivity index (χ4n) is 2.35. The van der Waals surface area contributed by atoms with Crippen LogP contribution in [0.2, 0.25) is 0 Å². The van der Waals surface area contributed by atoms with Crippen LogP contribution in [0.15, 0.2) is 65.4 Å². The Morgan fingerprint density at radius 3 is 1.40 bits per heavy atom. The van der Waals surface area contributed by atoms with Crippen LogP contribution in [0.1, 0.15) is 0 Å². The summed E-state index contributed by atoms with van der Waals surface area (Å²) in [5.74, 6) is 0.755. The van der Waals surface area contributed by atoms with E-state index in [-0.39, 0.29) is 11.6 Å². The molecular formula is C19H11F2N3S. The second-order valence-electron chi connectivity index (χ2n) is 5.33. The maximum absolute atomic E-state index is 13.2. The lowest BCUT2D eigenvalue weighted by Gasteiger charge is -2.07. The van der Waals surface area contributed by atoms with E-state index < -0.39 is 0 Å². The molecule has 6 heteroatoms. The van der Waals surface area contributed by atoms with Crippen LogP contribution in [0.3, 0.4) is 0 Å². The topological polar surface area (TPSA) is 38.7 Å². The van der Waals surface area contributed by atoms with Crippen molar-refractivity contribution in [3.05, 3.63) is 77.0 Å². The van der Waals surface area contributed by atoms with Crippen molar-refractivity contribution >= 4 is 11.3 Å². The normalized spacial score (nSPS) is 10.8. The zero-order chi connectivity index (χ0) is 17.2. The van der Waals surface area contributed by atoms with Gasteiger partial charge in [0.15, 0.2) is 17.5 Å². The van der Waals surface area contributed by atoms with Gasteiger partial charge in [-0.2, -0.15) is 11.3 Å². The van der Waals surface area contributed by atoms with Crippen LogP contribution in [0.4, 0.5) is 8.78 Å². The Bertz CT molecular complexity index is 934. The van der Waals surface area contributed by atoms with Crippen LogP contribution in [-0.2, 0) is 0 Å². The number of nitrogens with zero attached hydrogens (tertiary/aromatic N) is 3. The van der Waals surface area contributed by atoms with Gasteiger partial charge in [0.25, 0.3) is 0 Å². The molecule has 4 rings (SSSR count). The zero-order valence-electron chi connectivity index (χ0n) is 12.9. The molecule has 0 saturated carbocycles. The number of thiophene rings is 1. The summed E-state index contributed by atoms with van der Waals surface area (Å²) in [4.78, 5) is 13.5. The Morgan fingerprint density at radius 1 is 0.560 bits per heavy atom. The maximum atomic E-state index is 13.2. The van der Waals surface area contributed by atoms with Gasteiger partial charge in [-0.3, -0.25) is 0 Å². The van der Waals surface area contributed by atoms with Crippen LogP contribution in [0.25, 0.3) is 34.2 Å². The molecule has 0 saturated heterocycles. The van der Waals surface area contributed by atoms with E-state index in [2.05, 4.69) is 15.0 Å². The highest BCUT2D eigenvalue weighted by Crippen LogP contribution is 2.25. The molecule has 0 spiro atoms. The Morgan fingerprint density at radius 2 is 1.00 bits per heavy atom. The molecule has 0 unspecified atom stereocenters. The number of halogens is 2. The molecule has 2 heterocycles. The van der Waals surface area contributed by atoms with E-state index >= 15 is 0 Å². The van der Waals surface area contributed by atoms with Gasteiger partial charge in [-0.25, -0.2) is 23.7 Å². The van der Waals surface area contributed by atoms with Gasteiger partial charge in [0, 0.05) is 22.1 Å². The summed E-state index contributed by atoms with van der Waals surface area (Å²) in [6.07, 6.45) is 0. The van der Waals surface area contributed by atoms with E-state index in [1.54, 1.807) is 35.6 Å². The predicted octanol–water partition coefficient (Wildman–Crippen LogP) is 5.21. The Balaban J connectivity index is 1.88. The van der Waals surface area contributed by atoms with Crippen molar-refractivity contribution in [3.8, 4) is 34.2 Å². The van der Waals surface area contributed by atoms with Gasteiger partial charge >= 0.3 is 0 Å². The number of aromatic nitrogens is 3. The van der Waals surface area contributed by atoms with Crippen LogP contribution in [-0.4, -0.2) is 15.0 Å². The van der Waals surface area contributed by atoms with Gasteiger partial charge in [-0.05, 0) is 60.0 Å². The molecule has 2 aromatic carbocycles. The first-order valence-corrected chi connectivity index (χ1v) is 8.44. The Labute approximate surface area is 146 Å². The van der Waals surface area contributed by atoms with Crippen molar-refractivity contribution in [2.75, 3.05) is 0 Å². The van der Waals surface area contributed by atoms with E-state index in [0.29, 0.717) is 28.6 Å². The fourth-order valence-corrected chi connectivity index (χ4v) is 2.99. The third-order valence-electron chi connectivity index (χ3n) is 3.62. The lowest BCUT2D eigenvalue weighted by Crippen LogP contribution is -1.99. The summed E-state index contributed by atoms with van der Waals surface area (Å²) in [5.41, 5.74) is 2.24. The molecule has 0 N–H and O–H groups in total. The van der Waals surface area contributed by atoms with Crippen molar-refractivity contribution in [1.29, 1.82) is 0 Å². The highest BCUT2D eigenvalue weighted by Gasteiger charge is 2.12. The minimum absolute atomic E-state index is 0.324. The Hall–Kier alpha value is -2.99. The van der Waals surface area contributed by atoms with Crippen LogP contribution < -0.4 is 0 Å². The molecule has 0 aliphatic carbocycles. The van der Waals surface area contributed by atoms with Crippen LogP contribution in [0, 0.1) is 11.6 Å². The van der Waals surface area contributed by atoms with E-state index in [9.17, 15) is 8.78 Å². The molecule has 3 nitrogen and oxygen atoms in total. The quantitative estimate of drug-likeness (QED) is 0.508. The molecule has 0 fully saturated rings. The second kappa shape index (κ2) is 6.49. The first-order valence-electron chi connectivity index (χ1n) is 7.49. The fraction of sp³-hybridized carbons (Fsp3) is 0. The van der Waals surface area contributed by atoms with Gasteiger partial charge in [-0.15, -0.1) is 0 Å². The molecule has 0 aliphatic heterocycles. The third kappa shape index (κ3) is 3.29. The van der Waals surface area contributed by atoms with E-state index in [1.807, 2.05) is 16.8 Å². The summed E-state index contributed by atoms with van der Waals surface area (Å²) in [5, 5.41) is 3.88. The summed E-state index contributed by atoms with van der Waals surface area (Å²) in [6, 6.07) is 13.9. The Kier molecular flexibility index (Phi) is 4.03. The second-order valence-corrected chi connectivity index (χ2v) is 6.11. The summed E-state index contributed by atoms with van der Waals surface area (Å²) in [7, 11) is 0. The maximum Gasteiger partial charge on any atom is 0.164 e. The predicted molar refractivity (Wildman–Crippen MR) is 93.9 cm³/mol. The number of hydrogen-bond acceptors (Lipinski definition) is 4. The summed E-state index contributed by atoms with van der Waals surface area (Å²) in [6.45, 7) is 0. The van der Waals surface area contributed by atoms with Gasteiger partial charge in [-0.1, -0.05) is 0 Å². The standard InChI is InChI=1S/C19H11F2N3S/c20-15-5-1-12(2-6-15)17-22-18(13-3-7-16(21)8-4-13)24-19(23-17)14-9-10-25-11-14/h1-11H. The van der Waals surface area contributed by atoms with Crippen molar-refractivity contribution in [3.63, 3.8) is 0 Å². The molecule has 0 bridgehead atoms. The van der Waals surface area contributed by atoms with E-state index in [1.165, 1.54) is 24.3 Å². The zero-order valence-corrected chi connectivity index (χ0v) is 13.7.